The van der Waals surface area contributed by atoms with Crippen molar-refractivity contribution in [3.05, 3.63) is 52.2 Å². The van der Waals surface area contributed by atoms with Crippen LogP contribution in [0, 0.1) is 6.92 Å². The minimum Gasteiger partial charge on any atom is -0.496 e. The van der Waals surface area contributed by atoms with Gasteiger partial charge in [-0.1, -0.05) is 24.3 Å². The van der Waals surface area contributed by atoms with Crippen LogP contribution < -0.4 is 10.2 Å². The summed E-state index contributed by atoms with van der Waals surface area (Å²) >= 11 is 0. The first-order valence-electron chi connectivity index (χ1n) is 4.80. The van der Waals surface area contributed by atoms with E-state index in [0.29, 0.717) is 0 Å². The van der Waals surface area contributed by atoms with Gasteiger partial charge in [0.05, 0.1) is 7.11 Å². The molecule has 0 N–H and O–H groups in total. The van der Waals surface area contributed by atoms with Gasteiger partial charge in [-0.2, -0.15) is 0 Å². The van der Waals surface area contributed by atoms with E-state index >= 15 is 0 Å². The number of benzene rings is 1. The first-order valence-corrected chi connectivity index (χ1v) is 4.80. The fourth-order valence-electron chi connectivity index (χ4n) is 1.76. The number of fused-ring (bicyclic) bond motifs is 1. The Hall–Kier alpha value is -1.83. The van der Waals surface area contributed by atoms with Crippen LogP contribution in [-0.2, 0) is 0 Å². The zero-order valence-electron chi connectivity index (χ0n) is 8.78. The van der Waals surface area contributed by atoms with Gasteiger partial charge < -0.3 is 4.74 Å². The average molecular weight is 200 g/mol. The lowest BCUT2D eigenvalue weighted by atomic mass is 10.1. The molecule has 0 atom stereocenters. The van der Waals surface area contributed by atoms with E-state index in [1.165, 1.54) is 0 Å². The van der Waals surface area contributed by atoms with Crippen molar-refractivity contribution in [2.24, 2.45) is 0 Å². The minimum atomic E-state index is 0.0337. The lowest BCUT2D eigenvalue weighted by Gasteiger charge is -2.04. The summed E-state index contributed by atoms with van der Waals surface area (Å²) in [4.78, 5) is 11.8. The molecule has 2 heteroatoms. The largest absolute Gasteiger partial charge is 0.496 e. The Morgan fingerprint density at radius 2 is 1.80 bits per heavy atom. The Kier molecular flexibility index (Phi) is 2.42. The Balaban J connectivity index is 3.05. The van der Waals surface area contributed by atoms with E-state index in [2.05, 4.69) is 0 Å². The summed E-state index contributed by atoms with van der Waals surface area (Å²) in [5.74, 6) is 0.740. The van der Waals surface area contributed by atoms with E-state index in [9.17, 15) is 4.79 Å². The molecule has 0 unspecified atom stereocenters. The maximum absolute atomic E-state index is 11.8. The SMILES string of the molecule is COc1ccc(C)c2c(=O)ccccc12. The Morgan fingerprint density at radius 3 is 2.53 bits per heavy atom. The molecule has 15 heavy (non-hydrogen) atoms. The second-order valence-corrected chi connectivity index (χ2v) is 3.46. The van der Waals surface area contributed by atoms with Crippen LogP contribution >= 0.6 is 0 Å². The van der Waals surface area contributed by atoms with Gasteiger partial charge >= 0.3 is 0 Å². The van der Waals surface area contributed by atoms with E-state index in [0.717, 1.165) is 22.1 Å². The normalized spacial score (nSPS) is 10.3. The second kappa shape index (κ2) is 3.73. The number of hydrogen-bond donors (Lipinski definition) is 0. The molecule has 2 aromatic rings. The van der Waals surface area contributed by atoms with Crippen molar-refractivity contribution in [3.8, 4) is 5.75 Å². The number of ether oxygens (including phenoxy) is 1. The third-order valence-electron chi connectivity index (χ3n) is 2.50. The number of hydrogen-bond acceptors (Lipinski definition) is 2. The van der Waals surface area contributed by atoms with E-state index in [1.54, 1.807) is 19.2 Å². The van der Waals surface area contributed by atoms with Gasteiger partial charge in [0.1, 0.15) is 5.75 Å². The molecule has 0 saturated carbocycles. The van der Waals surface area contributed by atoms with Crippen LogP contribution in [0.2, 0.25) is 0 Å². The van der Waals surface area contributed by atoms with Gasteiger partial charge in [0.15, 0.2) is 5.43 Å². The monoisotopic (exact) mass is 200 g/mol. The van der Waals surface area contributed by atoms with E-state index in [1.807, 2.05) is 31.2 Å². The quantitative estimate of drug-likeness (QED) is 0.707. The smallest absolute Gasteiger partial charge is 0.186 e. The van der Waals surface area contributed by atoms with Crippen molar-refractivity contribution < 1.29 is 4.74 Å². The molecule has 76 valence electrons. The average Bonchev–Trinajstić information content (AvgIpc) is 2.42. The highest BCUT2D eigenvalue weighted by Crippen LogP contribution is 2.24. The highest BCUT2D eigenvalue weighted by molar-refractivity contribution is 5.90. The molecule has 0 fully saturated rings. The minimum absolute atomic E-state index is 0.0337. The van der Waals surface area contributed by atoms with E-state index < -0.39 is 0 Å². The van der Waals surface area contributed by atoms with Crippen molar-refractivity contribution in [2.75, 3.05) is 7.11 Å². The molecule has 0 saturated heterocycles. The van der Waals surface area contributed by atoms with E-state index in [4.69, 9.17) is 4.74 Å². The predicted molar refractivity (Wildman–Crippen MR) is 61.5 cm³/mol. The maximum Gasteiger partial charge on any atom is 0.186 e. The molecule has 0 aromatic heterocycles. The summed E-state index contributed by atoms with van der Waals surface area (Å²) in [5, 5.41) is 1.60. The fourth-order valence-corrected chi connectivity index (χ4v) is 1.76. The van der Waals surface area contributed by atoms with Gasteiger partial charge in [0.25, 0.3) is 0 Å². The van der Waals surface area contributed by atoms with Crippen LogP contribution in [0.1, 0.15) is 5.56 Å². The second-order valence-electron chi connectivity index (χ2n) is 3.46. The Morgan fingerprint density at radius 1 is 1.07 bits per heavy atom. The third-order valence-corrected chi connectivity index (χ3v) is 2.50. The van der Waals surface area contributed by atoms with Crippen molar-refractivity contribution >= 4 is 10.8 Å². The molecule has 0 aliphatic carbocycles. The molecule has 0 heterocycles. The zero-order valence-corrected chi connectivity index (χ0v) is 8.78. The zero-order chi connectivity index (χ0) is 10.8. The summed E-state index contributed by atoms with van der Waals surface area (Å²) in [6.07, 6.45) is 0. The lowest BCUT2D eigenvalue weighted by Crippen LogP contribution is -1.98. The molecule has 0 bridgehead atoms. The highest BCUT2D eigenvalue weighted by atomic mass is 16.5. The first-order chi connectivity index (χ1) is 7.24. The number of methoxy groups -OCH3 is 1. The molecule has 0 aliphatic heterocycles. The predicted octanol–water partition coefficient (Wildman–Crippen LogP) is 2.52. The Labute approximate surface area is 88.1 Å². The van der Waals surface area contributed by atoms with Crippen molar-refractivity contribution in [2.45, 2.75) is 6.92 Å². The molecule has 0 amide bonds. The summed E-state index contributed by atoms with van der Waals surface area (Å²) in [6, 6.07) is 10.9. The van der Waals surface area contributed by atoms with Crippen molar-refractivity contribution in [1.82, 2.24) is 0 Å². The summed E-state index contributed by atoms with van der Waals surface area (Å²) in [7, 11) is 1.61. The molecule has 0 aliphatic rings. The molecule has 2 nitrogen and oxygen atoms in total. The molecular weight excluding hydrogens is 188 g/mol. The van der Waals surface area contributed by atoms with Gasteiger partial charge in [-0.05, 0) is 24.6 Å². The maximum atomic E-state index is 11.8. The van der Waals surface area contributed by atoms with Gasteiger partial charge in [-0.3, -0.25) is 4.79 Å². The molecule has 2 aromatic carbocycles. The van der Waals surface area contributed by atoms with Crippen LogP contribution in [0.3, 0.4) is 0 Å². The molecule has 0 spiro atoms. The van der Waals surface area contributed by atoms with Crippen LogP contribution in [0.4, 0.5) is 0 Å². The Bertz CT molecular complexity index is 559. The first kappa shape index (κ1) is 9.71. The van der Waals surface area contributed by atoms with E-state index in [-0.39, 0.29) is 5.43 Å². The molecule has 2 rings (SSSR count). The van der Waals surface area contributed by atoms with Crippen molar-refractivity contribution in [3.63, 3.8) is 0 Å². The number of rotatable bonds is 1. The number of aryl methyl sites for hydroxylation is 1. The summed E-state index contributed by atoms with van der Waals surface area (Å²) < 4.78 is 5.24. The fraction of sp³-hybridized carbons (Fsp3) is 0.154. The van der Waals surface area contributed by atoms with Crippen LogP contribution in [-0.4, -0.2) is 7.11 Å². The third kappa shape index (κ3) is 1.59. The summed E-state index contributed by atoms with van der Waals surface area (Å²) in [6.45, 7) is 1.93. The van der Waals surface area contributed by atoms with Crippen LogP contribution in [0.15, 0.2) is 41.2 Å². The standard InChI is InChI=1S/C13H12O2/c1-9-7-8-12(15-2)10-5-3-4-6-11(14)13(9)10/h3-8H,1-2H3. The molecule has 0 radical (unpaired) electrons. The van der Waals surface area contributed by atoms with Gasteiger partial charge in [0, 0.05) is 10.8 Å². The summed E-state index contributed by atoms with van der Waals surface area (Å²) in [5.41, 5.74) is 1.01. The topological polar surface area (TPSA) is 26.3 Å². The van der Waals surface area contributed by atoms with Crippen LogP contribution in [0.5, 0.6) is 5.75 Å². The van der Waals surface area contributed by atoms with Crippen molar-refractivity contribution in [1.29, 1.82) is 0 Å². The van der Waals surface area contributed by atoms with Gasteiger partial charge in [0.2, 0.25) is 0 Å². The lowest BCUT2D eigenvalue weighted by molar-refractivity contribution is 0.420. The van der Waals surface area contributed by atoms with Gasteiger partial charge in [-0.15, -0.1) is 0 Å². The molecular formula is C13H12O2. The van der Waals surface area contributed by atoms with Gasteiger partial charge in [-0.25, -0.2) is 0 Å². The van der Waals surface area contributed by atoms with Crippen LogP contribution in [0.25, 0.3) is 10.8 Å². The highest BCUT2D eigenvalue weighted by Gasteiger charge is 2.04.